The minimum absolute atomic E-state index is 0.168. The Kier molecular flexibility index (Phi) is 3.55. The van der Waals surface area contributed by atoms with Gasteiger partial charge in [0.1, 0.15) is 0 Å². The predicted octanol–water partition coefficient (Wildman–Crippen LogP) is 3.24. The number of benzene rings is 1. The van der Waals surface area contributed by atoms with Crippen LogP contribution in [0.25, 0.3) is 0 Å². The summed E-state index contributed by atoms with van der Waals surface area (Å²) in [6, 6.07) is 11.1. The van der Waals surface area contributed by atoms with Crippen molar-refractivity contribution in [2.24, 2.45) is 17.8 Å². The Morgan fingerprint density at radius 2 is 2.05 bits per heavy atom. The summed E-state index contributed by atoms with van der Waals surface area (Å²) in [5, 5.41) is 3.62. The van der Waals surface area contributed by atoms with Crippen molar-refractivity contribution in [3.05, 3.63) is 35.9 Å². The molecule has 4 atom stereocenters. The fourth-order valence-electron chi connectivity index (χ4n) is 5.16. The molecule has 0 radical (unpaired) electrons. The number of rotatable bonds is 3. The molecule has 1 aromatic carbocycles. The van der Waals surface area contributed by atoms with Crippen LogP contribution >= 0.6 is 0 Å². The highest BCUT2D eigenvalue weighted by Gasteiger charge is 2.43. The van der Waals surface area contributed by atoms with Gasteiger partial charge in [-0.3, -0.25) is 4.90 Å². The van der Waals surface area contributed by atoms with Crippen molar-refractivity contribution in [2.75, 3.05) is 26.2 Å². The summed E-state index contributed by atoms with van der Waals surface area (Å²) in [5.74, 6) is 3.06. The molecule has 1 N–H and O–H groups in total. The average Bonchev–Trinajstić information content (AvgIpc) is 3.13. The van der Waals surface area contributed by atoms with Crippen LogP contribution in [0.2, 0.25) is 0 Å². The molecule has 1 aliphatic heterocycles. The maximum atomic E-state index is 3.62. The Labute approximate surface area is 128 Å². The van der Waals surface area contributed by atoms with E-state index < -0.39 is 0 Å². The second-order valence-corrected chi connectivity index (χ2v) is 7.70. The van der Waals surface area contributed by atoms with Crippen LogP contribution in [0, 0.1) is 17.8 Å². The Bertz CT molecular complexity index is 486. The molecule has 4 rings (SSSR count). The zero-order valence-electron chi connectivity index (χ0n) is 13.2. The van der Waals surface area contributed by atoms with Gasteiger partial charge >= 0.3 is 0 Å². The van der Waals surface area contributed by atoms with Crippen molar-refractivity contribution in [3.63, 3.8) is 0 Å². The fraction of sp³-hybridized carbons (Fsp3) is 0.684. The molecule has 114 valence electrons. The van der Waals surface area contributed by atoms with Crippen molar-refractivity contribution >= 4 is 0 Å². The van der Waals surface area contributed by atoms with Crippen molar-refractivity contribution in [1.82, 2.24) is 10.2 Å². The molecule has 1 aromatic rings. The zero-order valence-corrected chi connectivity index (χ0v) is 13.2. The third kappa shape index (κ3) is 2.43. The van der Waals surface area contributed by atoms with Crippen LogP contribution in [0.4, 0.5) is 0 Å². The largest absolute Gasteiger partial charge is 0.313 e. The molecule has 21 heavy (non-hydrogen) atoms. The first-order valence-corrected chi connectivity index (χ1v) is 8.77. The molecule has 2 saturated carbocycles. The fourth-order valence-corrected chi connectivity index (χ4v) is 5.16. The molecule has 0 amide bonds. The lowest BCUT2D eigenvalue weighted by atomic mass is 9.84. The van der Waals surface area contributed by atoms with Gasteiger partial charge < -0.3 is 5.32 Å². The second-order valence-electron chi connectivity index (χ2n) is 7.70. The maximum absolute atomic E-state index is 3.62. The standard InChI is InChI=1S/C19H28N2/c1-19(18-5-3-2-4-6-18)14-20-9-10-21(19)13-17-12-15-7-8-16(17)11-15/h2-6,15-17,20H,7-14H2,1H3. The van der Waals surface area contributed by atoms with E-state index in [1.165, 1.54) is 44.3 Å². The highest BCUT2D eigenvalue weighted by atomic mass is 15.3. The van der Waals surface area contributed by atoms with Crippen LogP contribution in [0.15, 0.2) is 30.3 Å². The Hall–Kier alpha value is -0.860. The number of piperazine rings is 1. The van der Waals surface area contributed by atoms with Crippen LogP contribution in [0.3, 0.4) is 0 Å². The lowest BCUT2D eigenvalue weighted by molar-refractivity contribution is 0.0459. The van der Waals surface area contributed by atoms with Crippen LogP contribution in [0.5, 0.6) is 0 Å². The van der Waals surface area contributed by atoms with Crippen LogP contribution in [0.1, 0.15) is 38.2 Å². The number of nitrogens with one attached hydrogen (secondary N) is 1. The van der Waals surface area contributed by atoms with Gasteiger partial charge in [-0.1, -0.05) is 36.8 Å². The minimum Gasteiger partial charge on any atom is -0.313 e. The van der Waals surface area contributed by atoms with Gasteiger partial charge in [-0.05, 0) is 49.5 Å². The number of nitrogens with zero attached hydrogens (tertiary/aromatic N) is 1. The van der Waals surface area contributed by atoms with Crippen molar-refractivity contribution < 1.29 is 0 Å². The maximum Gasteiger partial charge on any atom is 0.0557 e. The summed E-state index contributed by atoms with van der Waals surface area (Å²) < 4.78 is 0. The summed E-state index contributed by atoms with van der Waals surface area (Å²) in [4.78, 5) is 2.78. The molecular weight excluding hydrogens is 256 g/mol. The summed E-state index contributed by atoms with van der Waals surface area (Å²) in [7, 11) is 0. The predicted molar refractivity (Wildman–Crippen MR) is 87.2 cm³/mol. The van der Waals surface area contributed by atoms with E-state index in [2.05, 4.69) is 47.5 Å². The highest BCUT2D eigenvalue weighted by molar-refractivity contribution is 5.25. The van der Waals surface area contributed by atoms with Crippen molar-refractivity contribution in [1.29, 1.82) is 0 Å². The second kappa shape index (κ2) is 5.40. The third-order valence-electron chi connectivity index (χ3n) is 6.46. The Morgan fingerprint density at radius 1 is 1.19 bits per heavy atom. The van der Waals surface area contributed by atoms with Crippen molar-refractivity contribution in [3.8, 4) is 0 Å². The molecule has 1 heterocycles. The zero-order chi connectivity index (χ0) is 14.3. The molecule has 3 fully saturated rings. The monoisotopic (exact) mass is 284 g/mol. The molecule has 0 aromatic heterocycles. The lowest BCUT2D eigenvalue weighted by Gasteiger charge is -2.47. The van der Waals surface area contributed by atoms with Crippen LogP contribution in [-0.2, 0) is 5.54 Å². The topological polar surface area (TPSA) is 15.3 Å². The van der Waals surface area contributed by atoms with Gasteiger partial charge in [0.25, 0.3) is 0 Å². The van der Waals surface area contributed by atoms with Gasteiger partial charge in [0.2, 0.25) is 0 Å². The Balaban J connectivity index is 1.54. The van der Waals surface area contributed by atoms with Gasteiger partial charge in [-0.15, -0.1) is 0 Å². The van der Waals surface area contributed by atoms with E-state index in [4.69, 9.17) is 0 Å². The molecular formula is C19H28N2. The van der Waals surface area contributed by atoms with E-state index in [0.29, 0.717) is 0 Å². The normalized spacial score (nSPS) is 39.8. The first-order valence-electron chi connectivity index (χ1n) is 8.77. The molecule has 0 spiro atoms. The van der Waals surface area contributed by atoms with E-state index in [9.17, 15) is 0 Å². The first kappa shape index (κ1) is 13.8. The summed E-state index contributed by atoms with van der Waals surface area (Å²) >= 11 is 0. The van der Waals surface area contributed by atoms with Crippen molar-refractivity contribution in [2.45, 2.75) is 38.1 Å². The van der Waals surface area contributed by atoms with Gasteiger partial charge in [0, 0.05) is 26.2 Å². The molecule has 1 saturated heterocycles. The number of hydrogen-bond acceptors (Lipinski definition) is 2. The van der Waals surface area contributed by atoms with Gasteiger partial charge in [-0.2, -0.15) is 0 Å². The van der Waals surface area contributed by atoms with E-state index in [-0.39, 0.29) is 5.54 Å². The van der Waals surface area contributed by atoms with Crippen LogP contribution < -0.4 is 5.32 Å². The Morgan fingerprint density at radius 3 is 2.76 bits per heavy atom. The molecule has 2 heteroatoms. The number of hydrogen-bond donors (Lipinski definition) is 1. The lowest BCUT2D eigenvalue weighted by Crippen LogP contribution is -2.58. The summed E-state index contributed by atoms with van der Waals surface area (Å²) in [6.45, 7) is 7.16. The van der Waals surface area contributed by atoms with E-state index in [1.807, 2.05) is 0 Å². The molecule has 2 bridgehead atoms. The summed E-state index contributed by atoms with van der Waals surface area (Å²) in [6.07, 6.45) is 6.04. The third-order valence-corrected chi connectivity index (χ3v) is 6.46. The average molecular weight is 284 g/mol. The van der Waals surface area contributed by atoms with E-state index >= 15 is 0 Å². The van der Waals surface area contributed by atoms with Crippen LogP contribution in [-0.4, -0.2) is 31.1 Å². The SMILES string of the molecule is CC1(c2ccccc2)CNCCN1CC1CC2CCC1C2. The molecule has 3 aliphatic rings. The molecule has 4 unspecified atom stereocenters. The molecule has 2 nitrogen and oxygen atoms in total. The first-order chi connectivity index (χ1) is 10.3. The highest BCUT2D eigenvalue weighted by Crippen LogP contribution is 2.49. The van der Waals surface area contributed by atoms with E-state index in [1.54, 1.807) is 0 Å². The summed E-state index contributed by atoms with van der Waals surface area (Å²) in [5.41, 5.74) is 1.64. The quantitative estimate of drug-likeness (QED) is 0.916. The smallest absolute Gasteiger partial charge is 0.0557 e. The van der Waals surface area contributed by atoms with Gasteiger partial charge in [-0.25, -0.2) is 0 Å². The van der Waals surface area contributed by atoms with Gasteiger partial charge in [0.05, 0.1) is 5.54 Å². The minimum atomic E-state index is 0.168. The van der Waals surface area contributed by atoms with Gasteiger partial charge in [0.15, 0.2) is 0 Å². The van der Waals surface area contributed by atoms with E-state index in [0.717, 1.165) is 30.8 Å². The molecule has 2 aliphatic carbocycles. The number of fused-ring (bicyclic) bond motifs is 2.